The quantitative estimate of drug-likeness (QED) is 0.353. The predicted molar refractivity (Wildman–Crippen MR) is 147 cm³/mol. The molecule has 6 rings (SSSR count). The van der Waals surface area contributed by atoms with Gasteiger partial charge < -0.3 is 14.6 Å². The summed E-state index contributed by atoms with van der Waals surface area (Å²) in [6.45, 7) is 0.273. The zero-order chi connectivity index (χ0) is 26.3. The Balaban J connectivity index is 1.31. The maximum atomic E-state index is 13.8. The van der Waals surface area contributed by atoms with Crippen molar-refractivity contribution in [1.82, 2.24) is 4.90 Å². The molecule has 1 saturated heterocycles. The molecule has 7 heteroatoms. The van der Waals surface area contributed by atoms with Crippen LogP contribution >= 0.6 is 15.9 Å². The number of hydrogen-bond donors (Lipinski definition) is 1. The number of rotatable bonds is 6. The summed E-state index contributed by atoms with van der Waals surface area (Å²) in [5.41, 5.74) is 4.03. The van der Waals surface area contributed by atoms with E-state index in [0.29, 0.717) is 13.0 Å². The first kappa shape index (κ1) is 25.1. The lowest BCUT2D eigenvalue weighted by Gasteiger charge is -2.47. The Labute approximate surface area is 230 Å². The van der Waals surface area contributed by atoms with E-state index in [1.54, 1.807) is 0 Å². The fraction of sp³-hybridized carbons (Fsp3) is 0.355. The second-order valence-electron chi connectivity index (χ2n) is 10.5. The van der Waals surface area contributed by atoms with Crippen molar-refractivity contribution >= 4 is 28.0 Å². The summed E-state index contributed by atoms with van der Waals surface area (Å²) in [4.78, 5) is 27.3. The summed E-state index contributed by atoms with van der Waals surface area (Å²) in [5, 5.41) is 9.52. The number of carbonyl (C=O) groups is 2. The van der Waals surface area contributed by atoms with Gasteiger partial charge in [-0.3, -0.25) is 4.90 Å². The molecule has 38 heavy (non-hydrogen) atoms. The molecular formula is C31H30BrNO5. The van der Waals surface area contributed by atoms with Gasteiger partial charge in [0, 0.05) is 23.4 Å². The topological polar surface area (TPSA) is 76.1 Å². The minimum absolute atomic E-state index is 0.0217. The molecule has 2 aliphatic carbocycles. The van der Waals surface area contributed by atoms with E-state index in [1.165, 1.54) is 22.3 Å². The molecule has 2 fully saturated rings. The van der Waals surface area contributed by atoms with Crippen LogP contribution in [-0.2, 0) is 19.9 Å². The van der Waals surface area contributed by atoms with Crippen molar-refractivity contribution in [3.8, 4) is 11.1 Å². The summed E-state index contributed by atoms with van der Waals surface area (Å²) < 4.78 is 13.3. The lowest BCUT2D eigenvalue weighted by atomic mass is 9.74. The summed E-state index contributed by atoms with van der Waals surface area (Å²) in [6, 6.07) is 24.4. The molecule has 1 spiro atoms. The van der Waals surface area contributed by atoms with E-state index >= 15 is 0 Å². The number of aliphatic carboxylic acids is 1. The van der Waals surface area contributed by atoms with Crippen molar-refractivity contribution in [3.63, 3.8) is 0 Å². The van der Waals surface area contributed by atoms with Crippen LogP contribution in [0.3, 0.4) is 0 Å². The van der Waals surface area contributed by atoms with Gasteiger partial charge in [0.25, 0.3) is 0 Å². The molecule has 0 bridgehead atoms. The molecule has 1 saturated carbocycles. The molecule has 3 aromatic carbocycles. The third-order valence-electron chi connectivity index (χ3n) is 8.68. The fourth-order valence-corrected chi connectivity index (χ4v) is 7.53. The number of halogens is 1. The van der Waals surface area contributed by atoms with Gasteiger partial charge in [0.05, 0.1) is 5.54 Å². The maximum absolute atomic E-state index is 13.8. The van der Waals surface area contributed by atoms with Crippen LogP contribution in [0.5, 0.6) is 0 Å². The Morgan fingerprint density at radius 2 is 1.58 bits per heavy atom. The molecule has 3 aromatic rings. The van der Waals surface area contributed by atoms with Gasteiger partial charge >= 0.3 is 12.1 Å². The van der Waals surface area contributed by atoms with Crippen LogP contribution in [0.4, 0.5) is 4.79 Å². The van der Waals surface area contributed by atoms with E-state index < -0.39 is 23.7 Å². The second kappa shape index (κ2) is 9.86. The van der Waals surface area contributed by atoms with Crippen molar-refractivity contribution in [1.29, 1.82) is 0 Å². The van der Waals surface area contributed by atoms with Gasteiger partial charge in [0.2, 0.25) is 0 Å². The highest BCUT2D eigenvalue weighted by atomic mass is 79.9. The summed E-state index contributed by atoms with van der Waals surface area (Å²) in [7, 11) is 0. The SMILES string of the molecule is O=C(O)COC1(c2cccc(Br)c2)CCN(C(=O)OCC2c3ccccc3-c3ccccc32)C12CCCC2. The molecule has 1 atom stereocenters. The number of carboxylic acid groups (broad SMARTS) is 1. The zero-order valence-electron chi connectivity index (χ0n) is 21.1. The van der Waals surface area contributed by atoms with E-state index in [1.807, 2.05) is 53.4 Å². The van der Waals surface area contributed by atoms with Crippen molar-refractivity contribution in [2.75, 3.05) is 19.8 Å². The Morgan fingerprint density at radius 3 is 2.21 bits per heavy atom. The summed E-state index contributed by atoms with van der Waals surface area (Å²) >= 11 is 3.57. The fourth-order valence-electron chi connectivity index (χ4n) is 7.13. The third kappa shape index (κ3) is 3.95. The maximum Gasteiger partial charge on any atom is 0.410 e. The molecule has 0 aromatic heterocycles. The van der Waals surface area contributed by atoms with Gasteiger partial charge in [-0.25, -0.2) is 9.59 Å². The molecule has 1 N–H and O–H groups in total. The van der Waals surface area contributed by atoms with E-state index in [-0.39, 0.29) is 18.6 Å². The Bertz CT molecular complexity index is 1340. The summed E-state index contributed by atoms with van der Waals surface area (Å²) in [6.07, 6.45) is 3.52. The predicted octanol–water partition coefficient (Wildman–Crippen LogP) is 6.71. The number of carboxylic acids is 1. The largest absolute Gasteiger partial charge is 0.480 e. The molecule has 0 radical (unpaired) electrons. The first-order valence-electron chi connectivity index (χ1n) is 13.2. The molecule has 1 unspecified atom stereocenters. The standard InChI is InChI=1S/C31H30BrNO5/c32-22-9-7-8-21(18-22)31(38-20-28(34)35)16-17-33(30(31)14-5-6-15-30)29(36)37-19-27-25-12-3-1-10-23(25)24-11-2-4-13-26(24)27/h1-4,7-13,18,27H,5-6,14-17,19-20H2,(H,34,35). The first-order chi connectivity index (χ1) is 18.4. The number of hydrogen-bond acceptors (Lipinski definition) is 4. The monoisotopic (exact) mass is 575 g/mol. The van der Waals surface area contributed by atoms with E-state index in [2.05, 4.69) is 40.2 Å². The Morgan fingerprint density at radius 1 is 0.921 bits per heavy atom. The van der Waals surface area contributed by atoms with Crippen LogP contribution < -0.4 is 0 Å². The van der Waals surface area contributed by atoms with E-state index in [4.69, 9.17) is 9.47 Å². The number of benzene rings is 3. The van der Waals surface area contributed by atoms with Crippen LogP contribution in [0.25, 0.3) is 11.1 Å². The molecule has 6 nitrogen and oxygen atoms in total. The smallest absolute Gasteiger partial charge is 0.410 e. The van der Waals surface area contributed by atoms with Gasteiger partial charge in [-0.2, -0.15) is 0 Å². The zero-order valence-corrected chi connectivity index (χ0v) is 22.7. The van der Waals surface area contributed by atoms with Crippen LogP contribution in [0.15, 0.2) is 77.3 Å². The minimum atomic E-state index is -1.02. The van der Waals surface area contributed by atoms with Gasteiger partial charge in [0.1, 0.15) is 18.8 Å². The lowest BCUT2D eigenvalue weighted by molar-refractivity contribution is -0.160. The van der Waals surface area contributed by atoms with Crippen LogP contribution in [0.2, 0.25) is 0 Å². The van der Waals surface area contributed by atoms with Gasteiger partial charge in [-0.05, 0) is 52.8 Å². The van der Waals surface area contributed by atoms with Crippen molar-refractivity contribution in [2.45, 2.75) is 49.2 Å². The van der Waals surface area contributed by atoms with Gasteiger partial charge in [0.15, 0.2) is 0 Å². The Hall–Kier alpha value is -3.16. The number of nitrogens with zero attached hydrogens (tertiary/aromatic N) is 1. The van der Waals surface area contributed by atoms with Crippen LogP contribution in [-0.4, -0.2) is 47.4 Å². The number of ether oxygens (including phenoxy) is 2. The van der Waals surface area contributed by atoms with Crippen molar-refractivity contribution < 1.29 is 24.2 Å². The highest BCUT2D eigenvalue weighted by molar-refractivity contribution is 9.10. The molecule has 1 heterocycles. The highest BCUT2D eigenvalue weighted by Crippen LogP contribution is 2.57. The lowest BCUT2D eigenvalue weighted by Crippen LogP contribution is -2.57. The van der Waals surface area contributed by atoms with Crippen molar-refractivity contribution in [3.05, 3.63) is 94.0 Å². The number of carbonyl (C=O) groups excluding carboxylic acids is 1. The van der Waals surface area contributed by atoms with Gasteiger partial charge in [-0.1, -0.05) is 89.4 Å². The number of likely N-dealkylation sites (tertiary alicyclic amines) is 1. The number of fused-ring (bicyclic) bond motifs is 3. The number of amides is 1. The molecule has 196 valence electrons. The minimum Gasteiger partial charge on any atom is -0.480 e. The second-order valence-corrected chi connectivity index (χ2v) is 11.4. The van der Waals surface area contributed by atoms with Crippen molar-refractivity contribution in [2.24, 2.45) is 0 Å². The van der Waals surface area contributed by atoms with E-state index in [0.717, 1.165) is 35.7 Å². The van der Waals surface area contributed by atoms with Gasteiger partial charge in [-0.15, -0.1) is 0 Å². The summed E-state index contributed by atoms with van der Waals surface area (Å²) in [5.74, 6) is -1.04. The van der Waals surface area contributed by atoms with E-state index in [9.17, 15) is 14.7 Å². The Kier molecular flexibility index (Phi) is 6.52. The van der Waals surface area contributed by atoms with Crippen LogP contribution in [0.1, 0.15) is 54.7 Å². The third-order valence-corrected chi connectivity index (χ3v) is 9.17. The normalized spacial score (nSPS) is 21.4. The molecular weight excluding hydrogens is 546 g/mol. The molecule has 1 aliphatic heterocycles. The highest BCUT2D eigenvalue weighted by Gasteiger charge is 2.64. The molecule has 3 aliphatic rings. The average molecular weight is 576 g/mol. The molecule has 1 amide bonds. The first-order valence-corrected chi connectivity index (χ1v) is 14.0. The average Bonchev–Trinajstić information content (AvgIpc) is 3.62. The van der Waals surface area contributed by atoms with Crippen LogP contribution in [0, 0.1) is 0 Å².